The molecule has 0 amide bonds. The van der Waals surface area contributed by atoms with E-state index >= 15 is 0 Å². The van der Waals surface area contributed by atoms with Crippen molar-refractivity contribution in [3.63, 3.8) is 0 Å². The molecule has 0 heterocycles. The lowest BCUT2D eigenvalue weighted by Gasteiger charge is -1.97. The molecule has 0 bridgehead atoms. The molecular formula is C16H25. The van der Waals surface area contributed by atoms with Crippen molar-refractivity contribution < 1.29 is 0 Å². The Morgan fingerprint density at radius 2 is 1.75 bits per heavy atom. The molecule has 0 aromatic carbocycles. The van der Waals surface area contributed by atoms with E-state index in [1.54, 1.807) is 0 Å². The molecule has 89 valence electrons. The summed E-state index contributed by atoms with van der Waals surface area (Å²) < 4.78 is 0. The second kappa shape index (κ2) is 9.21. The summed E-state index contributed by atoms with van der Waals surface area (Å²) in [7, 11) is 0. The van der Waals surface area contributed by atoms with Crippen LogP contribution in [0.5, 0.6) is 0 Å². The maximum Gasteiger partial charge on any atom is -0.0288 e. The van der Waals surface area contributed by atoms with Gasteiger partial charge in [-0.3, -0.25) is 0 Å². The lowest BCUT2D eigenvalue weighted by atomic mass is 10.1. The van der Waals surface area contributed by atoms with E-state index in [9.17, 15) is 0 Å². The molecule has 0 aliphatic carbocycles. The van der Waals surface area contributed by atoms with Gasteiger partial charge in [0.1, 0.15) is 0 Å². The molecule has 0 atom stereocenters. The number of rotatable bonds is 6. The van der Waals surface area contributed by atoms with E-state index in [1.165, 1.54) is 16.7 Å². The summed E-state index contributed by atoms with van der Waals surface area (Å²) in [5.74, 6) is 0. The van der Waals surface area contributed by atoms with Crippen molar-refractivity contribution in [1.29, 1.82) is 0 Å². The summed E-state index contributed by atoms with van der Waals surface area (Å²) in [6, 6.07) is 0. The van der Waals surface area contributed by atoms with Gasteiger partial charge in [0.2, 0.25) is 0 Å². The van der Waals surface area contributed by atoms with Crippen LogP contribution in [-0.2, 0) is 0 Å². The fraction of sp³-hybridized carbons (Fsp3) is 0.438. The third-order valence-corrected chi connectivity index (χ3v) is 2.29. The van der Waals surface area contributed by atoms with Crippen LogP contribution in [0.25, 0.3) is 0 Å². The highest BCUT2D eigenvalue weighted by Crippen LogP contribution is 2.08. The molecule has 0 aliphatic rings. The molecule has 0 nitrogen and oxygen atoms in total. The predicted molar refractivity (Wildman–Crippen MR) is 75.3 cm³/mol. The first-order chi connectivity index (χ1) is 7.56. The molecule has 0 aromatic heterocycles. The Labute approximate surface area is 101 Å². The normalized spacial score (nSPS) is 13.3. The molecule has 0 saturated heterocycles. The molecule has 0 heteroatoms. The van der Waals surface area contributed by atoms with Crippen LogP contribution in [0.1, 0.15) is 47.0 Å². The average Bonchev–Trinajstić information content (AvgIpc) is 2.17. The van der Waals surface area contributed by atoms with Crippen molar-refractivity contribution in [3.05, 3.63) is 54.0 Å². The van der Waals surface area contributed by atoms with E-state index in [2.05, 4.69) is 65.0 Å². The summed E-state index contributed by atoms with van der Waals surface area (Å²) in [4.78, 5) is 0. The van der Waals surface area contributed by atoms with E-state index in [1.807, 2.05) is 0 Å². The Kier molecular flexibility index (Phi) is 8.61. The van der Waals surface area contributed by atoms with Crippen LogP contribution in [-0.4, -0.2) is 0 Å². The van der Waals surface area contributed by atoms with Gasteiger partial charge in [-0.25, -0.2) is 0 Å². The maximum absolute atomic E-state index is 3.82. The first kappa shape index (κ1) is 15.0. The quantitative estimate of drug-likeness (QED) is 0.412. The van der Waals surface area contributed by atoms with Crippen LogP contribution in [0.2, 0.25) is 0 Å². The molecule has 0 spiro atoms. The monoisotopic (exact) mass is 217 g/mol. The standard InChI is InChI=1S/C16H25/c1-6-9-15(4)12-8-13-16(5)11-7-10-14(2)3/h7,9-11,13H,1,6,8,12H2,2-5H3/b11-7+,15-9+,16-13+. The van der Waals surface area contributed by atoms with E-state index in [0.717, 1.165) is 19.3 Å². The van der Waals surface area contributed by atoms with Gasteiger partial charge in [0.15, 0.2) is 0 Å². The fourth-order valence-electron chi connectivity index (χ4n) is 1.34. The van der Waals surface area contributed by atoms with E-state index in [0.29, 0.717) is 0 Å². The average molecular weight is 217 g/mol. The summed E-state index contributed by atoms with van der Waals surface area (Å²) in [5, 5.41) is 0. The third-order valence-electron chi connectivity index (χ3n) is 2.29. The summed E-state index contributed by atoms with van der Waals surface area (Å²) in [6.07, 6.45) is 14.0. The van der Waals surface area contributed by atoms with Crippen molar-refractivity contribution in [2.45, 2.75) is 47.0 Å². The first-order valence-corrected chi connectivity index (χ1v) is 5.99. The van der Waals surface area contributed by atoms with Crippen molar-refractivity contribution >= 4 is 0 Å². The minimum Gasteiger partial charge on any atom is -0.0856 e. The highest BCUT2D eigenvalue weighted by atomic mass is 13.9. The molecule has 0 unspecified atom stereocenters. The molecule has 0 aromatic rings. The van der Waals surface area contributed by atoms with Crippen molar-refractivity contribution in [1.82, 2.24) is 0 Å². The first-order valence-electron chi connectivity index (χ1n) is 5.99. The lowest BCUT2D eigenvalue weighted by Crippen LogP contribution is -1.77. The number of hydrogen-bond acceptors (Lipinski definition) is 0. The van der Waals surface area contributed by atoms with Gasteiger partial charge in [0.25, 0.3) is 0 Å². The van der Waals surface area contributed by atoms with Crippen LogP contribution >= 0.6 is 0 Å². The Bertz CT molecular complexity index is 294. The van der Waals surface area contributed by atoms with Crippen LogP contribution in [0, 0.1) is 6.92 Å². The van der Waals surface area contributed by atoms with Gasteiger partial charge in [-0.1, -0.05) is 47.1 Å². The van der Waals surface area contributed by atoms with Crippen LogP contribution in [0.4, 0.5) is 0 Å². The molecular weight excluding hydrogens is 192 g/mol. The van der Waals surface area contributed by atoms with Crippen LogP contribution in [0.3, 0.4) is 0 Å². The molecule has 0 fully saturated rings. The van der Waals surface area contributed by atoms with Crippen molar-refractivity contribution in [2.75, 3.05) is 0 Å². The van der Waals surface area contributed by atoms with Gasteiger partial charge >= 0.3 is 0 Å². The van der Waals surface area contributed by atoms with Gasteiger partial charge in [0.05, 0.1) is 0 Å². The minimum absolute atomic E-state index is 0.898. The maximum atomic E-state index is 3.82. The smallest absolute Gasteiger partial charge is 0.0288 e. The van der Waals surface area contributed by atoms with Gasteiger partial charge in [0, 0.05) is 0 Å². The highest BCUT2D eigenvalue weighted by Gasteiger charge is 1.87. The number of hydrogen-bond donors (Lipinski definition) is 0. The van der Waals surface area contributed by atoms with E-state index in [4.69, 9.17) is 0 Å². The van der Waals surface area contributed by atoms with Crippen LogP contribution < -0.4 is 0 Å². The van der Waals surface area contributed by atoms with Crippen molar-refractivity contribution in [3.8, 4) is 0 Å². The third kappa shape index (κ3) is 9.51. The van der Waals surface area contributed by atoms with Gasteiger partial charge < -0.3 is 0 Å². The van der Waals surface area contributed by atoms with Gasteiger partial charge in [-0.15, -0.1) is 0 Å². The topological polar surface area (TPSA) is 0 Å². The highest BCUT2D eigenvalue weighted by molar-refractivity contribution is 5.21. The second-order valence-electron chi connectivity index (χ2n) is 4.43. The minimum atomic E-state index is 0.898. The Morgan fingerprint density at radius 1 is 1.06 bits per heavy atom. The molecule has 0 aliphatic heterocycles. The zero-order valence-corrected chi connectivity index (χ0v) is 11.2. The van der Waals surface area contributed by atoms with E-state index < -0.39 is 0 Å². The molecule has 0 rings (SSSR count). The van der Waals surface area contributed by atoms with Gasteiger partial charge in [-0.2, -0.15) is 0 Å². The predicted octanol–water partition coefficient (Wildman–Crippen LogP) is 5.41. The molecule has 1 radical (unpaired) electrons. The number of allylic oxidation sites excluding steroid dienone is 8. The fourth-order valence-corrected chi connectivity index (χ4v) is 1.34. The Hall–Kier alpha value is -1.04. The summed E-state index contributed by atoms with van der Waals surface area (Å²) >= 11 is 0. The largest absolute Gasteiger partial charge is 0.0856 e. The van der Waals surface area contributed by atoms with Crippen molar-refractivity contribution in [2.24, 2.45) is 0 Å². The molecule has 0 N–H and O–H groups in total. The Balaban J connectivity index is 4.01. The lowest BCUT2D eigenvalue weighted by molar-refractivity contribution is 0.962. The zero-order valence-electron chi connectivity index (χ0n) is 11.2. The second-order valence-corrected chi connectivity index (χ2v) is 4.43. The summed E-state index contributed by atoms with van der Waals surface area (Å²) in [5.41, 5.74) is 4.10. The SMILES string of the molecule is [CH2]C/C=C(\C)CC/C=C(C)/C=C/C=C(C)C. The zero-order chi connectivity index (χ0) is 12.4. The Morgan fingerprint density at radius 3 is 2.31 bits per heavy atom. The molecule has 16 heavy (non-hydrogen) atoms. The van der Waals surface area contributed by atoms with Crippen LogP contribution in [0.15, 0.2) is 47.1 Å². The van der Waals surface area contributed by atoms with Gasteiger partial charge in [-0.05, 0) is 53.9 Å². The summed E-state index contributed by atoms with van der Waals surface area (Å²) in [6.45, 7) is 12.4. The molecule has 0 saturated carbocycles. The van der Waals surface area contributed by atoms with E-state index in [-0.39, 0.29) is 0 Å².